The zero-order chi connectivity index (χ0) is 25.7. The number of nitrogens with zero attached hydrogens (tertiary/aromatic N) is 2. The van der Waals surface area contributed by atoms with Crippen LogP contribution in [0.5, 0.6) is 0 Å². The zero-order valence-corrected chi connectivity index (χ0v) is 22.3. The lowest BCUT2D eigenvalue weighted by Gasteiger charge is -2.25. The van der Waals surface area contributed by atoms with Gasteiger partial charge in [0.15, 0.2) is 12.4 Å². The third kappa shape index (κ3) is 2.13. The standard InChI is InChI=1S/C36H32N2/c1-4-34-30-19-11-9-17-27(30)32-21-13-14-22-37(32)35(34,5-2)36(34)31-20-12-10-18-28(31)33-23-25(3)29(24-38(33)36)26-15-7-6-8-16-26/h6-24H,4-5H2,1-3H3/q+2. The highest BCUT2D eigenvalue weighted by Crippen LogP contribution is 2.80. The van der Waals surface area contributed by atoms with Gasteiger partial charge in [0.25, 0.3) is 11.1 Å². The Labute approximate surface area is 224 Å². The van der Waals surface area contributed by atoms with Crippen LogP contribution in [-0.2, 0) is 16.5 Å². The Morgan fingerprint density at radius 3 is 2.00 bits per heavy atom. The molecule has 2 heteroatoms. The number of aryl methyl sites for hydroxylation is 1. The Balaban J connectivity index is 1.56. The molecule has 3 aliphatic rings. The largest absolute Gasteiger partial charge is 0.275 e. The van der Waals surface area contributed by atoms with Crippen molar-refractivity contribution in [1.29, 1.82) is 0 Å². The molecular weight excluding hydrogens is 460 g/mol. The summed E-state index contributed by atoms with van der Waals surface area (Å²) in [7, 11) is 0. The molecule has 8 rings (SSSR count). The number of pyridine rings is 2. The van der Waals surface area contributed by atoms with Gasteiger partial charge in [-0.25, -0.2) is 0 Å². The average molecular weight is 493 g/mol. The van der Waals surface area contributed by atoms with E-state index in [1.807, 2.05) is 0 Å². The van der Waals surface area contributed by atoms with Gasteiger partial charge in [0.05, 0.1) is 11.1 Å². The van der Waals surface area contributed by atoms with Gasteiger partial charge < -0.3 is 0 Å². The molecular formula is C36H32N2+2. The molecule has 2 nitrogen and oxygen atoms in total. The molecule has 1 saturated carbocycles. The van der Waals surface area contributed by atoms with Gasteiger partial charge in [0.2, 0.25) is 11.4 Å². The van der Waals surface area contributed by atoms with E-state index in [1.54, 1.807) is 0 Å². The maximum absolute atomic E-state index is 2.70. The second-order valence-electron chi connectivity index (χ2n) is 11.2. The summed E-state index contributed by atoms with van der Waals surface area (Å²) in [5.74, 6) is 0. The molecule has 1 aliphatic carbocycles. The molecule has 184 valence electrons. The topological polar surface area (TPSA) is 7.76 Å². The molecule has 3 unspecified atom stereocenters. The molecule has 5 aromatic rings. The van der Waals surface area contributed by atoms with Gasteiger partial charge in [-0.3, -0.25) is 0 Å². The highest BCUT2D eigenvalue weighted by Gasteiger charge is 3.03. The molecule has 0 N–H and O–H groups in total. The van der Waals surface area contributed by atoms with Crippen molar-refractivity contribution in [2.24, 2.45) is 0 Å². The molecule has 38 heavy (non-hydrogen) atoms. The van der Waals surface area contributed by atoms with Crippen LogP contribution in [0.1, 0.15) is 43.4 Å². The van der Waals surface area contributed by atoms with Crippen LogP contribution in [-0.4, -0.2) is 0 Å². The van der Waals surface area contributed by atoms with E-state index in [2.05, 4.69) is 145 Å². The average Bonchev–Trinajstić information content (AvgIpc) is 3.45. The van der Waals surface area contributed by atoms with Crippen LogP contribution in [0.3, 0.4) is 0 Å². The number of fused-ring (bicyclic) bond motifs is 13. The first kappa shape index (κ1) is 22.0. The zero-order valence-electron chi connectivity index (χ0n) is 22.3. The van der Waals surface area contributed by atoms with Gasteiger partial charge in [-0.05, 0) is 48.2 Å². The van der Waals surface area contributed by atoms with E-state index in [1.165, 1.54) is 50.3 Å². The van der Waals surface area contributed by atoms with E-state index in [-0.39, 0.29) is 16.5 Å². The maximum atomic E-state index is 2.70. The van der Waals surface area contributed by atoms with Crippen LogP contribution < -0.4 is 9.13 Å². The molecule has 0 bridgehead atoms. The molecule has 1 fully saturated rings. The fraction of sp³-hybridized carbons (Fsp3) is 0.222. The predicted octanol–water partition coefficient (Wildman–Crippen LogP) is 7.11. The first-order chi connectivity index (χ1) is 18.7. The predicted molar refractivity (Wildman–Crippen MR) is 152 cm³/mol. The molecule has 3 aromatic carbocycles. The van der Waals surface area contributed by atoms with Crippen LogP contribution >= 0.6 is 0 Å². The molecule has 0 saturated heterocycles. The van der Waals surface area contributed by atoms with Gasteiger partial charge >= 0.3 is 0 Å². The maximum Gasteiger partial charge on any atom is 0.275 e. The van der Waals surface area contributed by atoms with Crippen LogP contribution in [0.15, 0.2) is 116 Å². The molecule has 1 spiro atoms. The van der Waals surface area contributed by atoms with E-state index in [0.29, 0.717) is 0 Å². The van der Waals surface area contributed by atoms with Crippen LogP contribution in [0.25, 0.3) is 33.6 Å². The van der Waals surface area contributed by atoms with E-state index < -0.39 is 0 Å². The van der Waals surface area contributed by atoms with Crippen molar-refractivity contribution in [2.75, 3.05) is 0 Å². The Kier molecular flexibility index (Phi) is 4.22. The lowest BCUT2D eigenvalue weighted by molar-refractivity contribution is -0.799. The van der Waals surface area contributed by atoms with Crippen molar-refractivity contribution >= 4 is 0 Å². The molecule has 3 atom stereocenters. The Hall–Kier alpha value is -4.04. The fourth-order valence-corrected chi connectivity index (χ4v) is 9.07. The number of hydrogen-bond acceptors (Lipinski definition) is 0. The summed E-state index contributed by atoms with van der Waals surface area (Å²) in [6, 6.07) is 38.5. The van der Waals surface area contributed by atoms with E-state index >= 15 is 0 Å². The third-order valence-corrected chi connectivity index (χ3v) is 10.2. The first-order valence-electron chi connectivity index (χ1n) is 14.0. The molecule has 0 amide bonds. The second kappa shape index (κ2) is 7.29. The van der Waals surface area contributed by atoms with Gasteiger partial charge in [0.1, 0.15) is 5.41 Å². The number of aromatic nitrogens is 2. The normalized spacial score (nSPS) is 25.2. The molecule has 0 radical (unpaired) electrons. The quantitative estimate of drug-likeness (QED) is 0.237. The number of hydrogen-bond donors (Lipinski definition) is 0. The molecule has 2 aromatic heterocycles. The minimum Gasteiger partial charge on any atom is -0.184 e. The lowest BCUT2D eigenvalue weighted by Crippen LogP contribution is -2.60. The number of rotatable bonds is 3. The van der Waals surface area contributed by atoms with Crippen LogP contribution in [0.2, 0.25) is 0 Å². The van der Waals surface area contributed by atoms with Gasteiger partial charge in [-0.1, -0.05) is 80.6 Å². The number of benzene rings is 3. The minimum atomic E-state index is -0.222. The Bertz CT molecular complexity index is 1710. The summed E-state index contributed by atoms with van der Waals surface area (Å²) in [6.07, 6.45) is 6.95. The fourth-order valence-electron chi connectivity index (χ4n) is 9.07. The van der Waals surface area contributed by atoms with Gasteiger partial charge in [-0.15, -0.1) is 0 Å². The van der Waals surface area contributed by atoms with Crippen molar-refractivity contribution in [3.05, 3.63) is 132 Å². The molecule has 4 heterocycles. The minimum absolute atomic E-state index is 0.0698. The van der Waals surface area contributed by atoms with E-state index in [0.717, 1.165) is 12.8 Å². The van der Waals surface area contributed by atoms with Crippen LogP contribution in [0.4, 0.5) is 0 Å². The van der Waals surface area contributed by atoms with Gasteiger partial charge in [-0.2, -0.15) is 9.13 Å². The van der Waals surface area contributed by atoms with E-state index in [9.17, 15) is 0 Å². The third-order valence-electron chi connectivity index (χ3n) is 10.2. The molecule has 2 aliphatic heterocycles. The van der Waals surface area contributed by atoms with Crippen molar-refractivity contribution in [3.63, 3.8) is 0 Å². The summed E-state index contributed by atoms with van der Waals surface area (Å²) in [4.78, 5) is 0. The van der Waals surface area contributed by atoms with Gasteiger partial charge in [0, 0.05) is 35.7 Å². The van der Waals surface area contributed by atoms with Crippen LogP contribution in [0, 0.1) is 6.92 Å². The van der Waals surface area contributed by atoms with Crippen molar-refractivity contribution in [3.8, 4) is 33.6 Å². The summed E-state index contributed by atoms with van der Waals surface area (Å²) >= 11 is 0. The van der Waals surface area contributed by atoms with Crippen molar-refractivity contribution in [2.45, 2.75) is 50.1 Å². The summed E-state index contributed by atoms with van der Waals surface area (Å²) in [5.41, 5.74) is 11.9. The second-order valence-corrected chi connectivity index (χ2v) is 11.2. The van der Waals surface area contributed by atoms with Crippen molar-refractivity contribution in [1.82, 2.24) is 0 Å². The van der Waals surface area contributed by atoms with E-state index in [4.69, 9.17) is 0 Å². The summed E-state index contributed by atoms with van der Waals surface area (Å²) in [6.45, 7) is 7.09. The first-order valence-corrected chi connectivity index (χ1v) is 14.0. The Morgan fingerprint density at radius 2 is 1.26 bits per heavy atom. The summed E-state index contributed by atoms with van der Waals surface area (Å²) in [5, 5.41) is 0. The lowest BCUT2D eigenvalue weighted by atomic mass is 9.78. The highest BCUT2D eigenvalue weighted by atomic mass is 15.3. The Morgan fingerprint density at radius 1 is 0.605 bits per heavy atom. The highest BCUT2D eigenvalue weighted by molar-refractivity contribution is 5.79. The smallest absolute Gasteiger partial charge is 0.184 e. The SMILES string of the molecule is CCC12c3ccccc3-c3cccc[n+]3C1(CC)C21c2ccccc2-c2cc(C)c(-c3ccccc3)c[n+]21. The van der Waals surface area contributed by atoms with Crippen molar-refractivity contribution < 1.29 is 9.13 Å². The summed E-state index contributed by atoms with van der Waals surface area (Å²) < 4.78 is 5.35. The monoisotopic (exact) mass is 492 g/mol.